The first-order valence-corrected chi connectivity index (χ1v) is 10.9. The summed E-state index contributed by atoms with van der Waals surface area (Å²) in [6.45, 7) is 0. The number of aliphatic hydroxyl groups excluding tert-OH is 1. The standard InChI is InChI=1S/C19H17N3O6S2/c23-15(10-12-4-2-1-3-5-12)17(24)21-13-6-8-14(9-7-13)30(27,28)22-18-16(19(25)26)20-11-29-18/h1-9,11,15,22-23H,10H2,(H,21,24)(H,25,26). The number of aromatic carboxylic acids is 1. The topological polar surface area (TPSA) is 146 Å². The van der Waals surface area contributed by atoms with Crippen molar-refractivity contribution in [1.29, 1.82) is 0 Å². The Morgan fingerprint density at radius 2 is 1.73 bits per heavy atom. The highest BCUT2D eigenvalue weighted by Gasteiger charge is 2.21. The van der Waals surface area contributed by atoms with Gasteiger partial charge in [0, 0.05) is 12.1 Å². The van der Waals surface area contributed by atoms with Gasteiger partial charge >= 0.3 is 5.97 Å². The lowest BCUT2D eigenvalue weighted by atomic mass is 10.1. The van der Waals surface area contributed by atoms with E-state index >= 15 is 0 Å². The zero-order valence-electron chi connectivity index (χ0n) is 15.3. The highest BCUT2D eigenvalue weighted by molar-refractivity contribution is 7.93. The molecule has 1 heterocycles. The number of nitrogens with one attached hydrogen (secondary N) is 2. The first-order valence-electron chi connectivity index (χ1n) is 8.59. The monoisotopic (exact) mass is 447 g/mol. The maximum atomic E-state index is 12.5. The number of carboxylic acids is 1. The van der Waals surface area contributed by atoms with Crippen molar-refractivity contribution in [1.82, 2.24) is 4.98 Å². The van der Waals surface area contributed by atoms with E-state index in [4.69, 9.17) is 5.11 Å². The Kier molecular flexibility index (Phi) is 6.45. The lowest BCUT2D eigenvalue weighted by molar-refractivity contribution is -0.123. The number of aromatic nitrogens is 1. The fraction of sp³-hybridized carbons (Fsp3) is 0.105. The molecule has 30 heavy (non-hydrogen) atoms. The van der Waals surface area contributed by atoms with E-state index in [1.807, 2.05) is 6.07 Å². The fourth-order valence-electron chi connectivity index (χ4n) is 2.52. The Morgan fingerprint density at radius 3 is 2.37 bits per heavy atom. The number of hydrogen-bond acceptors (Lipinski definition) is 7. The molecule has 3 rings (SSSR count). The minimum atomic E-state index is -4.05. The maximum Gasteiger partial charge on any atom is 0.357 e. The summed E-state index contributed by atoms with van der Waals surface area (Å²) in [5.41, 5.74) is 1.94. The van der Waals surface area contributed by atoms with Crippen molar-refractivity contribution in [3.63, 3.8) is 0 Å². The van der Waals surface area contributed by atoms with E-state index in [0.717, 1.165) is 16.9 Å². The van der Waals surface area contributed by atoms with Gasteiger partial charge in [-0.2, -0.15) is 0 Å². The minimum Gasteiger partial charge on any atom is -0.476 e. The first kappa shape index (κ1) is 21.4. The molecule has 0 fully saturated rings. The number of amides is 1. The van der Waals surface area contributed by atoms with Gasteiger partial charge in [-0.25, -0.2) is 18.2 Å². The van der Waals surface area contributed by atoms with Crippen LogP contribution in [0.2, 0.25) is 0 Å². The van der Waals surface area contributed by atoms with E-state index in [1.165, 1.54) is 29.8 Å². The Labute approximate surface area is 176 Å². The highest BCUT2D eigenvalue weighted by atomic mass is 32.2. The number of anilines is 2. The molecule has 0 aliphatic heterocycles. The summed E-state index contributed by atoms with van der Waals surface area (Å²) in [5, 5.41) is 21.5. The number of hydrogen-bond donors (Lipinski definition) is 4. The van der Waals surface area contributed by atoms with E-state index in [0.29, 0.717) is 5.69 Å². The number of carboxylic acid groups (broad SMARTS) is 1. The largest absolute Gasteiger partial charge is 0.476 e. The van der Waals surface area contributed by atoms with Gasteiger partial charge in [0.05, 0.1) is 10.4 Å². The van der Waals surface area contributed by atoms with Gasteiger partial charge in [-0.3, -0.25) is 9.52 Å². The van der Waals surface area contributed by atoms with Crippen LogP contribution in [0.1, 0.15) is 16.1 Å². The minimum absolute atomic E-state index is 0.107. The molecule has 1 amide bonds. The van der Waals surface area contributed by atoms with Crippen LogP contribution in [-0.2, 0) is 21.2 Å². The number of aliphatic hydroxyl groups is 1. The van der Waals surface area contributed by atoms with Gasteiger partial charge in [0.25, 0.3) is 15.9 Å². The molecule has 1 aromatic heterocycles. The van der Waals surface area contributed by atoms with E-state index in [1.54, 1.807) is 24.3 Å². The molecule has 0 saturated carbocycles. The molecule has 0 aliphatic carbocycles. The summed E-state index contributed by atoms with van der Waals surface area (Å²) in [6, 6.07) is 14.3. The Balaban J connectivity index is 1.66. The molecule has 0 spiro atoms. The van der Waals surface area contributed by atoms with Crippen molar-refractivity contribution in [2.75, 3.05) is 10.0 Å². The van der Waals surface area contributed by atoms with Crippen LogP contribution in [-0.4, -0.2) is 41.6 Å². The van der Waals surface area contributed by atoms with Gasteiger partial charge < -0.3 is 15.5 Å². The maximum absolute atomic E-state index is 12.5. The molecule has 3 aromatic rings. The number of thiazole rings is 1. The van der Waals surface area contributed by atoms with Gasteiger partial charge in [-0.1, -0.05) is 30.3 Å². The third-order valence-corrected chi connectivity index (χ3v) is 6.24. The summed E-state index contributed by atoms with van der Waals surface area (Å²) in [7, 11) is -4.05. The molecule has 11 heteroatoms. The molecule has 0 aliphatic rings. The molecule has 156 valence electrons. The third kappa shape index (κ3) is 5.20. The average molecular weight is 447 g/mol. The van der Waals surface area contributed by atoms with E-state index in [-0.39, 0.29) is 22.0 Å². The molecular weight excluding hydrogens is 430 g/mol. The predicted octanol–water partition coefficient (Wildman–Crippen LogP) is 2.18. The van der Waals surface area contributed by atoms with Crippen LogP contribution < -0.4 is 10.0 Å². The molecule has 9 nitrogen and oxygen atoms in total. The van der Waals surface area contributed by atoms with Crippen LogP contribution in [0.25, 0.3) is 0 Å². The molecule has 4 N–H and O–H groups in total. The van der Waals surface area contributed by atoms with Crippen LogP contribution in [0.5, 0.6) is 0 Å². The molecular formula is C19H17N3O6S2. The quantitative estimate of drug-likeness (QED) is 0.414. The zero-order valence-corrected chi connectivity index (χ0v) is 17.0. The number of carbonyl (C=O) groups is 2. The average Bonchev–Trinajstić information content (AvgIpc) is 3.17. The molecule has 0 saturated heterocycles. The van der Waals surface area contributed by atoms with Gasteiger partial charge in [-0.15, -0.1) is 11.3 Å². The molecule has 0 bridgehead atoms. The van der Waals surface area contributed by atoms with Crippen molar-refractivity contribution >= 4 is 43.9 Å². The van der Waals surface area contributed by atoms with Crippen LogP contribution in [0.4, 0.5) is 10.7 Å². The van der Waals surface area contributed by atoms with E-state index < -0.39 is 28.0 Å². The SMILES string of the molecule is O=C(O)c1ncsc1NS(=O)(=O)c1ccc(NC(=O)C(O)Cc2ccccc2)cc1. The summed E-state index contributed by atoms with van der Waals surface area (Å²) in [5.74, 6) is -1.97. The lowest BCUT2D eigenvalue weighted by Gasteiger charge is -2.12. The van der Waals surface area contributed by atoms with Gasteiger partial charge in [-0.05, 0) is 29.8 Å². The van der Waals surface area contributed by atoms with Crippen LogP contribution >= 0.6 is 11.3 Å². The second-order valence-corrected chi connectivity index (χ2v) is 8.70. The number of carbonyl (C=O) groups excluding carboxylic acids is 1. The fourth-order valence-corrected chi connectivity index (χ4v) is 4.51. The molecule has 0 radical (unpaired) electrons. The smallest absolute Gasteiger partial charge is 0.357 e. The van der Waals surface area contributed by atoms with Crippen molar-refractivity contribution in [2.45, 2.75) is 17.4 Å². The molecule has 2 aromatic carbocycles. The van der Waals surface area contributed by atoms with Crippen molar-refractivity contribution < 1.29 is 28.2 Å². The number of rotatable bonds is 8. The van der Waals surface area contributed by atoms with Crippen LogP contribution in [0.15, 0.2) is 65.0 Å². The van der Waals surface area contributed by atoms with Crippen LogP contribution in [0, 0.1) is 0 Å². The second kappa shape index (κ2) is 9.03. The van der Waals surface area contributed by atoms with Crippen molar-refractivity contribution in [2.24, 2.45) is 0 Å². The lowest BCUT2D eigenvalue weighted by Crippen LogP contribution is -2.29. The molecule has 1 unspecified atom stereocenters. The van der Waals surface area contributed by atoms with Crippen molar-refractivity contribution in [3.8, 4) is 0 Å². The van der Waals surface area contributed by atoms with Gasteiger partial charge in [0.1, 0.15) is 11.1 Å². The van der Waals surface area contributed by atoms with E-state index in [9.17, 15) is 23.1 Å². The Bertz CT molecular complexity index is 1140. The summed E-state index contributed by atoms with van der Waals surface area (Å²) >= 11 is 0.848. The summed E-state index contributed by atoms with van der Waals surface area (Å²) in [4.78, 5) is 26.7. The molecule has 1 atom stereocenters. The highest BCUT2D eigenvalue weighted by Crippen LogP contribution is 2.24. The van der Waals surface area contributed by atoms with Crippen molar-refractivity contribution in [3.05, 3.63) is 71.4 Å². The van der Waals surface area contributed by atoms with Crippen LogP contribution in [0.3, 0.4) is 0 Å². The number of sulfonamides is 1. The van der Waals surface area contributed by atoms with Gasteiger partial charge in [0.2, 0.25) is 0 Å². The normalized spacial score (nSPS) is 12.2. The van der Waals surface area contributed by atoms with E-state index in [2.05, 4.69) is 15.0 Å². The summed E-state index contributed by atoms with van der Waals surface area (Å²) in [6.07, 6.45) is -1.12. The number of nitrogens with zero attached hydrogens (tertiary/aromatic N) is 1. The first-order chi connectivity index (χ1) is 14.3. The summed E-state index contributed by atoms with van der Waals surface area (Å²) < 4.78 is 27.1. The second-order valence-electron chi connectivity index (χ2n) is 6.16. The van der Waals surface area contributed by atoms with Gasteiger partial charge in [0.15, 0.2) is 5.69 Å². The Hall–Kier alpha value is -3.28. The third-order valence-electron chi connectivity index (χ3n) is 4.00. The number of benzene rings is 2. The predicted molar refractivity (Wildman–Crippen MR) is 111 cm³/mol. The Morgan fingerprint density at radius 1 is 1.07 bits per heavy atom. The zero-order chi connectivity index (χ0) is 21.7.